The van der Waals surface area contributed by atoms with Crippen LogP contribution in [0.3, 0.4) is 0 Å². The summed E-state index contributed by atoms with van der Waals surface area (Å²) < 4.78 is 28.0. The highest BCUT2D eigenvalue weighted by molar-refractivity contribution is 9.10. The van der Waals surface area contributed by atoms with Crippen molar-refractivity contribution in [2.45, 2.75) is 11.8 Å². The van der Waals surface area contributed by atoms with Crippen LogP contribution in [0.1, 0.15) is 5.56 Å². The maximum absolute atomic E-state index is 12.3. The van der Waals surface area contributed by atoms with E-state index in [-0.39, 0.29) is 9.92 Å². The molecular weight excluding hydrogens is 364 g/mol. The second-order valence-corrected chi connectivity index (χ2v) is 7.12. The smallest absolute Gasteiger partial charge is 0.263 e. The molecule has 0 amide bonds. The Hall–Kier alpha value is -1.24. The highest BCUT2D eigenvalue weighted by atomic mass is 79.9. The highest BCUT2D eigenvalue weighted by Gasteiger charge is 2.19. The van der Waals surface area contributed by atoms with Crippen molar-refractivity contribution < 1.29 is 8.42 Å². The zero-order valence-corrected chi connectivity index (χ0v) is 13.7. The van der Waals surface area contributed by atoms with Gasteiger partial charge >= 0.3 is 0 Å². The van der Waals surface area contributed by atoms with Crippen molar-refractivity contribution >= 4 is 48.9 Å². The number of nitrogens with one attached hydrogen (secondary N) is 1. The Morgan fingerprint density at radius 2 is 1.95 bits per heavy atom. The van der Waals surface area contributed by atoms with Crippen molar-refractivity contribution in [1.29, 1.82) is 0 Å². The normalized spacial score (nSPS) is 11.3. The molecule has 2 rings (SSSR count). The summed E-state index contributed by atoms with van der Waals surface area (Å²) in [6.07, 6.45) is 0. The van der Waals surface area contributed by atoms with Gasteiger partial charge in [0.15, 0.2) is 0 Å². The first-order valence-electron chi connectivity index (χ1n) is 5.64. The van der Waals surface area contributed by atoms with Gasteiger partial charge in [-0.25, -0.2) is 8.42 Å². The Kier molecular flexibility index (Phi) is 4.27. The van der Waals surface area contributed by atoms with Crippen LogP contribution < -0.4 is 10.5 Å². The van der Waals surface area contributed by atoms with Crippen LogP contribution in [-0.2, 0) is 10.0 Å². The minimum atomic E-state index is -3.76. The van der Waals surface area contributed by atoms with Crippen LogP contribution in [0.25, 0.3) is 0 Å². The maximum Gasteiger partial charge on any atom is 0.263 e. The molecule has 2 aromatic carbocycles. The summed E-state index contributed by atoms with van der Waals surface area (Å²) in [5, 5.41) is 0.0881. The maximum atomic E-state index is 12.3. The van der Waals surface area contributed by atoms with E-state index in [0.29, 0.717) is 11.4 Å². The van der Waals surface area contributed by atoms with Gasteiger partial charge in [0.05, 0.1) is 10.7 Å². The van der Waals surface area contributed by atoms with Crippen molar-refractivity contribution in [3.8, 4) is 0 Å². The predicted molar refractivity (Wildman–Crippen MR) is 85.6 cm³/mol. The molecule has 0 bridgehead atoms. The number of hydrogen-bond donors (Lipinski definition) is 2. The van der Waals surface area contributed by atoms with E-state index in [1.165, 1.54) is 18.2 Å². The van der Waals surface area contributed by atoms with E-state index in [2.05, 4.69) is 20.7 Å². The molecule has 2 aromatic rings. The number of nitrogen functional groups attached to an aromatic ring is 1. The molecule has 106 valence electrons. The van der Waals surface area contributed by atoms with Gasteiger partial charge in [-0.1, -0.05) is 33.6 Å². The monoisotopic (exact) mass is 374 g/mol. The molecule has 0 atom stereocenters. The van der Waals surface area contributed by atoms with Crippen molar-refractivity contribution in [2.24, 2.45) is 0 Å². The van der Waals surface area contributed by atoms with E-state index in [9.17, 15) is 8.42 Å². The Bertz CT molecular complexity index is 763. The number of nitrogens with two attached hydrogens (primary N) is 1. The molecule has 3 N–H and O–H groups in total. The average Bonchev–Trinajstić information content (AvgIpc) is 2.34. The lowest BCUT2D eigenvalue weighted by Gasteiger charge is -2.12. The molecule has 20 heavy (non-hydrogen) atoms. The highest BCUT2D eigenvalue weighted by Crippen LogP contribution is 2.29. The third-order valence-corrected chi connectivity index (χ3v) is 5.46. The molecule has 0 spiro atoms. The fourth-order valence-corrected chi connectivity index (χ4v) is 3.70. The molecule has 0 fully saturated rings. The molecular formula is C13H12BrClN2O2S. The molecule has 0 heterocycles. The molecule has 0 aliphatic carbocycles. The van der Waals surface area contributed by atoms with Crippen LogP contribution in [0.5, 0.6) is 0 Å². The van der Waals surface area contributed by atoms with E-state index >= 15 is 0 Å². The second-order valence-electron chi connectivity index (χ2n) is 4.21. The van der Waals surface area contributed by atoms with Crippen LogP contribution in [-0.4, -0.2) is 8.42 Å². The molecule has 0 radical (unpaired) electrons. The number of benzene rings is 2. The van der Waals surface area contributed by atoms with E-state index in [4.69, 9.17) is 17.3 Å². The van der Waals surface area contributed by atoms with E-state index in [0.717, 1.165) is 10.0 Å². The Balaban J connectivity index is 2.44. The lowest BCUT2D eigenvalue weighted by Crippen LogP contribution is -2.14. The summed E-state index contributed by atoms with van der Waals surface area (Å²) in [5.41, 5.74) is 7.26. The number of sulfonamides is 1. The van der Waals surface area contributed by atoms with Gasteiger partial charge in [-0.3, -0.25) is 4.72 Å². The SMILES string of the molecule is Cc1c(Br)cccc1NS(=O)(=O)c1ccc(N)cc1Cl. The van der Waals surface area contributed by atoms with Gasteiger partial charge in [-0.2, -0.15) is 0 Å². The zero-order valence-electron chi connectivity index (χ0n) is 10.5. The van der Waals surface area contributed by atoms with Gasteiger partial charge in [0.1, 0.15) is 4.90 Å². The van der Waals surface area contributed by atoms with Crippen LogP contribution in [0.4, 0.5) is 11.4 Å². The number of anilines is 2. The Morgan fingerprint density at radius 1 is 1.25 bits per heavy atom. The first-order valence-corrected chi connectivity index (χ1v) is 8.29. The molecule has 0 saturated carbocycles. The van der Waals surface area contributed by atoms with Crippen molar-refractivity contribution in [2.75, 3.05) is 10.5 Å². The minimum Gasteiger partial charge on any atom is -0.399 e. The van der Waals surface area contributed by atoms with Crippen LogP contribution in [0, 0.1) is 6.92 Å². The van der Waals surface area contributed by atoms with Crippen molar-refractivity contribution in [3.05, 3.63) is 51.5 Å². The quantitative estimate of drug-likeness (QED) is 0.802. The standard InChI is InChI=1S/C13H12BrClN2O2S/c1-8-10(14)3-2-4-12(8)17-20(18,19)13-6-5-9(16)7-11(13)15/h2-7,17H,16H2,1H3. The molecule has 4 nitrogen and oxygen atoms in total. The first kappa shape index (κ1) is 15.2. The van der Waals surface area contributed by atoms with Gasteiger partial charge < -0.3 is 5.73 Å². The Labute approximate surface area is 131 Å². The predicted octanol–water partition coefficient (Wildman–Crippen LogP) is 3.79. The van der Waals surface area contributed by atoms with E-state index in [1.54, 1.807) is 12.1 Å². The third-order valence-electron chi connectivity index (χ3n) is 2.76. The third kappa shape index (κ3) is 3.08. The molecule has 0 unspecified atom stereocenters. The molecule has 0 saturated heterocycles. The summed E-state index contributed by atoms with van der Waals surface area (Å²) in [4.78, 5) is -0.00672. The van der Waals surface area contributed by atoms with Gasteiger partial charge in [0.25, 0.3) is 10.0 Å². The van der Waals surface area contributed by atoms with Crippen LogP contribution in [0.2, 0.25) is 5.02 Å². The second kappa shape index (κ2) is 5.63. The minimum absolute atomic E-state index is 0.00672. The van der Waals surface area contributed by atoms with Crippen LogP contribution >= 0.6 is 27.5 Å². The topological polar surface area (TPSA) is 72.2 Å². The van der Waals surface area contributed by atoms with Crippen molar-refractivity contribution in [1.82, 2.24) is 0 Å². The van der Waals surface area contributed by atoms with Gasteiger partial charge in [0.2, 0.25) is 0 Å². The average molecular weight is 376 g/mol. The molecule has 0 aliphatic heterocycles. The lowest BCUT2D eigenvalue weighted by molar-refractivity contribution is 0.601. The molecule has 7 heteroatoms. The van der Waals surface area contributed by atoms with Crippen LogP contribution in [0.15, 0.2) is 45.8 Å². The summed E-state index contributed by atoms with van der Waals surface area (Å²) in [6.45, 7) is 1.81. The summed E-state index contributed by atoms with van der Waals surface area (Å²) in [6, 6.07) is 9.55. The summed E-state index contributed by atoms with van der Waals surface area (Å²) in [5.74, 6) is 0. The fraction of sp³-hybridized carbons (Fsp3) is 0.0769. The lowest BCUT2D eigenvalue weighted by atomic mass is 10.2. The first-order chi connectivity index (χ1) is 9.31. The van der Waals surface area contributed by atoms with Gasteiger partial charge in [-0.05, 0) is 42.8 Å². The molecule has 0 aliphatic rings. The Morgan fingerprint density at radius 3 is 2.60 bits per heavy atom. The van der Waals surface area contributed by atoms with Gasteiger partial charge in [-0.15, -0.1) is 0 Å². The van der Waals surface area contributed by atoms with E-state index in [1.807, 2.05) is 13.0 Å². The number of halogens is 2. The molecule has 0 aromatic heterocycles. The summed E-state index contributed by atoms with van der Waals surface area (Å²) in [7, 11) is -3.76. The van der Waals surface area contributed by atoms with Gasteiger partial charge in [0, 0.05) is 10.2 Å². The number of rotatable bonds is 3. The van der Waals surface area contributed by atoms with E-state index < -0.39 is 10.0 Å². The fourth-order valence-electron chi connectivity index (χ4n) is 1.65. The largest absolute Gasteiger partial charge is 0.399 e. The van der Waals surface area contributed by atoms with Crippen molar-refractivity contribution in [3.63, 3.8) is 0 Å². The number of hydrogen-bond acceptors (Lipinski definition) is 3. The summed E-state index contributed by atoms with van der Waals surface area (Å²) >= 11 is 9.30. The zero-order chi connectivity index (χ0) is 14.9.